The quantitative estimate of drug-likeness (QED) is 0.570. The molecule has 0 unspecified atom stereocenters. The normalized spacial score (nSPS) is 21.3. The second kappa shape index (κ2) is 9.47. The first kappa shape index (κ1) is 25.2. The first-order chi connectivity index (χ1) is 17.6. The Kier molecular flexibility index (Phi) is 6.46. The summed E-state index contributed by atoms with van der Waals surface area (Å²) in [4.78, 5) is 49.0. The Morgan fingerprint density at radius 3 is 2.00 bits per heavy atom. The van der Waals surface area contributed by atoms with Gasteiger partial charge in [-0.2, -0.15) is 0 Å². The molecule has 2 aromatic rings. The van der Waals surface area contributed by atoms with Gasteiger partial charge in [0.2, 0.25) is 11.8 Å². The van der Waals surface area contributed by atoms with Crippen molar-refractivity contribution in [2.75, 3.05) is 42.5 Å². The van der Waals surface area contributed by atoms with Crippen molar-refractivity contribution in [2.45, 2.75) is 40.2 Å². The maximum atomic E-state index is 14.8. The molecule has 1 atom stereocenters. The highest BCUT2D eigenvalue weighted by molar-refractivity contribution is 6.20. The van der Waals surface area contributed by atoms with Gasteiger partial charge in [0.25, 0.3) is 0 Å². The van der Waals surface area contributed by atoms with Crippen molar-refractivity contribution in [3.05, 3.63) is 59.9 Å². The fourth-order valence-corrected chi connectivity index (χ4v) is 6.16. The van der Waals surface area contributed by atoms with Gasteiger partial charge in [-0.05, 0) is 42.0 Å². The number of hydrogen-bond donors (Lipinski definition) is 0. The van der Waals surface area contributed by atoms with E-state index < -0.39 is 29.3 Å². The van der Waals surface area contributed by atoms with E-state index in [0.717, 1.165) is 11.3 Å². The molecule has 2 fully saturated rings. The minimum atomic E-state index is -1.48. The van der Waals surface area contributed by atoms with Gasteiger partial charge in [0, 0.05) is 38.4 Å². The number of piperazine rings is 1. The molecule has 37 heavy (non-hydrogen) atoms. The van der Waals surface area contributed by atoms with Gasteiger partial charge in [0.15, 0.2) is 5.41 Å². The van der Waals surface area contributed by atoms with Crippen LogP contribution in [0.3, 0.4) is 0 Å². The molecular formula is C29H35FN4O3. The Hall–Kier alpha value is -3.42. The van der Waals surface area contributed by atoms with Crippen molar-refractivity contribution in [3.63, 3.8) is 0 Å². The molecule has 3 aliphatic rings. The number of rotatable bonds is 5. The lowest BCUT2D eigenvalue weighted by Gasteiger charge is -2.57. The number of carbonyl (C=O) groups excluding carboxylic acids is 3. The van der Waals surface area contributed by atoms with E-state index in [1.54, 1.807) is 18.2 Å². The summed E-state index contributed by atoms with van der Waals surface area (Å²) in [7, 11) is 0. The fourth-order valence-electron chi connectivity index (χ4n) is 6.16. The highest BCUT2D eigenvalue weighted by Gasteiger charge is 2.65. The first-order valence-corrected chi connectivity index (χ1v) is 13.2. The largest absolute Gasteiger partial charge is 0.365 e. The third kappa shape index (κ3) is 4.06. The van der Waals surface area contributed by atoms with E-state index in [-0.39, 0.29) is 37.2 Å². The summed E-state index contributed by atoms with van der Waals surface area (Å²) in [6.45, 7) is 9.69. The number of anilines is 2. The molecule has 7 nitrogen and oxygen atoms in total. The highest BCUT2D eigenvalue weighted by atomic mass is 19.1. The van der Waals surface area contributed by atoms with Crippen molar-refractivity contribution >= 4 is 29.2 Å². The molecule has 0 aromatic heterocycles. The molecule has 196 valence electrons. The maximum Gasteiger partial charge on any atom is 0.333 e. The van der Waals surface area contributed by atoms with Crippen molar-refractivity contribution < 1.29 is 18.8 Å². The van der Waals surface area contributed by atoms with Crippen molar-refractivity contribution in [1.82, 2.24) is 9.80 Å². The summed E-state index contributed by atoms with van der Waals surface area (Å²) in [6.07, 6.45) is 0.212. The Balaban J connectivity index is 1.66. The van der Waals surface area contributed by atoms with E-state index in [1.807, 2.05) is 56.9 Å². The summed E-state index contributed by atoms with van der Waals surface area (Å²) in [6, 6.07) is 13.4. The molecule has 2 saturated heterocycles. The highest BCUT2D eigenvalue weighted by Crippen LogP contribution is 2.47. The van der Waals surface area contributed by atoms with Crippen molar-refractivity contribution in [3.8, 4) is 0 Å². The minimum absolute atomic E-state index is 0.0484. The lowest BCUT2D eigenvalue weighted by atomic mass is 9.67. The zero-order valence-electron chi connectivity index (χ0n) is 22.0. The molecule has 4 amide bonds. The average Bonchev–Trinajstić information content (AvgIpc) is 2.87. The van der Waals surface area contributed by atoms with Crippen LogP contribution in [0.2, 0.25) is 0 Å². The fraction of sp³-hybridized carbons (Fsp3) is 0.483. The zero-order chi connectivity index (χ0) is 26.5. The molecule has 0 N–H and O–H groups in total. The Morgan fingerprint density at radius 2 is 1.41 bits per heavy atom. The van der Waals surface area contributed by atoms with E-state index in [1.165, 1.54) is 15.9 Å². The molecule has 0 bridgehead atoms. The standard InChI is InChI=1S/C29H35FN4O3/c1-19(2)16-33-26(35)29(27(36)34(28(33)37)17-20(3)4)15-21-9-5-7-11-23(21)32-14-13-31(18-25(29)32)24-12-8-6-10-22(24)30/h5-12,19-20,25H,13-18H2,1-4H3/t25-/m0/s1. The number of barbiturate groups is 1. The summed E-state index contributed by atoms with van der Waals surface area (Å²) < 4.78 is 14.8. The predicted octanol–water partition coefficient (Wildman–Crippen LogP) is 4.17. The number of hydrogen-bond acceptors (Lipinski definition) is 5. The topological polar surface area (TPSA) is 64.2 Å². The molecule has 8 heteroatoms. The van der Waals surface area contributed by atoms with Crippen LogP contribution >= 0.6 is 0 Å². The maximum absolute atomic E-state index is 14.8. The van der Waals surface area contributed by atoms with Crippen LogP contribution in [0, 0.1) is 23.1 Å². The number of amides is 4. The first-order valence-electron chi connectivity index (χ1n) is 13.2. The van der Waals surface area contributed by atoms with Gasteiger partial charge in [0.05, 0.1) is 11.7 Å². The Morgan fingerprint density at radius 1 is 0.838 bits per heavy atom. The van der Waals surface area contributed by atoms with Crippen molar-refractivity contribution in [1.29, 1.82) is 0 Å². The average molecular weight is 507 g/mol. The van der Waals surface area contributed by atoms with Crippen molar-refractivity contribution in [2.24, 2.45) is 17.3 Å². The summed E-state index contributed by atoms with van der Waals surface area (Å²) in [5.74, 6) is -1.10. The van der Waals surface area contributed by atoms with Crippen LogP contribution in [0.5, 0.6) is 0 Å². The SMILES string of the molecule is CC(C)CN1C(=O)N(CC(C)C)C(=O)C2(Cc3ccccc3N3CCN(c4ccccc4F)C[C@H]32)C1=O. The number of urea groups is 1. The Bertz CT molecular complexity index is 1200. The van der Waals surface area contributed by atoms with Crippen LogP contribution in [0.4, 0.5) is 20.6 Å². The van der Waals surface area contributed by atoms with Gasteiger partial charge in [-0.25, -0.2) is 9.18 Å². The van der Waals surface area contributed by atoms with E-state index in [2.05, 4.69) is 4.90 Å². The molecule has 2 aromatic carbocycles. The minimum Gasteiger partial charge on any atom is -0.365 e. The van der Waals surface area contributed by atoms with Crippen LogP contribution in [0.15, 0.2) is 48.5 Å². The molecule has 3 aliphatic heterocycles. The second-order valence-corrected chi connectivity index (χ2v) is 11.3. The number of halogens is 1. The van der Waals surface area contributed by atoms with Gasteiger partial charge in [0.1, 0.15) is 5.82 Å². The molecule has 0 radical (unpaired) electrons. The number of benzene rings is 2. The van der Waals surface area contributed by atoms with Gasteiger partial charge in [-0.3, -0.25) is 19.4 Å². The van der Waals surface area contributed by atoms with Crippen LogP contribution < -0.4 is 9.80 Å². The molecular weight excluding hydrogens is 471 g/mol. The van der Waals surface area contributed by atoms with E-state index >= 15 is 0 Å². The smallest absolute Gasteiger partial charge is 0.333 e. The summed E-state index contributed by atoms with van der Waals surface area (Å²) in [5, 5.41) is 0. The molecule has 1 spiro atoms. The molecule has 5 rings (SSSR count). The second-order valence-electron chi connectivity index (χ2n) is 11.3. The summed E-state index contributed by atoms with van der Waals surface area (Å²) >= 11 is 0. The van der Waals surface area contributed by atoms with E-state index in [9.17, 15) is 18.8 Å². The molecule has 3 heterocycles. The monoisotopic (exact) mass is 506 g/mol. The number of para-hydroxylation sites is 2. The van der Waals surface area contributed by atoms with Gasteiger partial charge >= 0.3 is 6.03 Å². The van der Waals surface area contributed by atoms with Crippen LogP contribution in [0.1, 0.15) is 33.3 Å². The number of nitrogens with zero attached hydrogens (tertiary/aromatic N) is 4. The molecule has 0 saturated carbocycles. The third-order valence-corrected chi connectivity index (χ3v) is 7.72. The van der Waals surface area contributed by atoms with Gasteiger partial charge in [-0.15, -0.1) is 0 Å². The number of imide groups is 2. The van der Waals surface area contributed by atoms with Gasteiger partial charge < -0.3 is 9.80 Å². The van der Waals surface area contributed by atoms with E-state index in [0.29, 0.717) is 25.3 Å². The summed E-state index contributed by atoms with van der Waals surface area (Å²) in [5.41, 5.74) is 0.898. The lowest BCUT2D eigenvalue weighted by Crippen LogP contribution is -2.76. The number of carbonyl (C=O) groups is 3. The van der Waals surface area contributed by atoms with Crippen LogP contribution in [-0.2, 0) is 16.0 Å². The number of fused-ring (bicyclic) bond motifs is 4. The lowest BCUT2D eigenvalue weighted by molar-refractivity contribution is -0.161. The Labute approximate surface area is 217 Å². The molecule has 0 aliphatic carbocycles. The van der Waals surface area contributed by atoms with Gasteiger partial charge in [-0.1, -0.05) is 58.0 Å². The van der Waals surface area contributed by atoms with Crippen LogP contribution in [0.25, 0.3) is 0 Å². The predicted molar refractivity (Wildman–Crippen MR) is 141 cm³/mol. The third-order valence-electron chi connectivity index (χ3n) is 7.72. The zero-order valence-corrected chi connectivity index (χ0v) is 22.0. The van der Waals surface area contributed by atoms with Crippen LogP contribution in [-0.4, -0.2) is 66.4 Å². The van der Waals surface area contributed by atoms with E-state index in [4.69, 9.17) is 0 Å².